The Morgan fingerprint density at radius 2 is 1.63 bits per heavy atom. The van der Waals surface area contributed by atoms with Gasteiger partial charge in [0.25, 0.3) is 0 Å². The maximum Gasteiger partial charge on any atom is 0.227 e. The van der Waals surface area contributed by atoms with Gasteiger partial charge in [-0.15, -0.1) is 11.3 Å². The first-order valence-corrected chi connectivity index (χ1v) is 12.8. The van der Waals surface area contributed by atoms with Crippen molar-refractivity contribution in [2.75, 3.05) is 23.3 Å². The SMILES string of the molecule is Cc1cc(C)nc(N2CCC(C(=O)Nc3ccc(-c4csc(-c5ccccc5C)n4)cc3)CC2)n1. The molecule has 0 unspecified atom stereocenters. The molecule has 0 bridgehead atoms. The van der Waals surface area contributed by atoms with Gasteiger partial charge in [0.1, 0.15) is 5.01 Å². The van der Waals surface area contributed by atoms with E-state index in [0.29, 0.717) is 0 Å². The Hall–Kier alpha value is -3.58. The van der Waals surface area contributed by atoms with Gasteiger partial charge in [0, 0.05) is 52.6 Å². The summed E-state index contributed by atoms with van der Waals surface area (Å²) in [4.78, 5) is 29.0. The summed E-state index contributed by atoms with van der Waals surface area (Å²) >= 11 is 1.65. The van der Waals surface area contributed by atoms with E-state index in [2.05, 4.69) is 44.6 Å². The molecular weight excluding hydrogens is 454 g/mol. The van der Waals surface area contributed by atoms with Crippen LogP contribution < -0.4 is 10.2 Å². The van der Waals surface area contributed by atoms with Crippen LogP contribution in [0.2, 0.25) is 0 Å². The first-order valence-electron chi connectivity index (χ1n) is 12.0. The number of benzene rings is 2. The third-order valence-electron chi connectivity index (χ3n) is 6.45. The molecule has 1 amide bonds. The topological polar surface area (TPSA) is 71.0 Å². The Labute approximate surface area is 210 Å². The monoisotopic (exact) mass is 483 g/mol. The zero-order valence-corrected chi connectivity index (χ0v) is 21.1. The molecule has 5 rings (SSSR count). The molecule has 6 nitrogen and oxygen atoms in total. The number of thiazole rings is 1. The van der Waals surface area contributed by atoms with Crippen molar-refractivity contribution in [3.05, 3.63) is 76.9 Å². The lowest BCUT2D eigenvalue weighted by atomic mass is 9.96. The lowest BCUT2D eigenvalue weighted by Crippen LogP contribution is -2.39. The van der Waals surface area contributed by atoms with E-state index < -0.39 is 0 Å². The molecule has 1 saturated heterocycles. The Bertz CT molecular complexity index is 1320. The van der Waals surface area contributed by atoms with E-state index >= 15 is 0 Å². The van der Waals surface area contributed by atoms with Crippen LogP contribution in [0.4, 0.5) is 11.6 Å². The van der Waals surface area contributed by atoms with Gasteiger partial charge in [0.15, 0.2) is 0 Å². The average molecular weight is 484 g/mol. The Kier molecular flexibility index (Phi) is 6.59. The first-order chi connectivity index (χ1) is 17.0. The molecule has 3 heterocycles. The van der Waals surface area contributed by atoms with Gasteiger partial charge in [0.2, 0.25) is 11.9 Å². The molecule has 0 aliphatic carbocycles. The smallest absolute Gasteiger partial charge is 0.227 e. The number of hydrogen-bond acceptors (Lipinski definition) is 6. The van der Waals surface area contributed by atoms with Gasteiger partial charge >= 0.3 is 0 Å². The van der Waals surface area contributed by atoms with Crippen molar-refractivity contribution >= 4 is 28.9 Å². The molecule has 2 aromatic carbocycles. The number of nitrogens with zero attached hydrogens (tertiary/aromatic N) is 4. The molecule has 0 spiro atoms. The van der Waals surface area contributed by atoms with Crippen LogP contribution in [0.5, 0.6) is 0 Å². The number of carbonyl (C=O) groups excluding carboxylic acids is 1. The highest BCUT2D eigenvalue weighted by molar-refractivity contribution is 7.13. The van der Waals surface area contributed by atoms with Crippen molar-refractivity contribution in [3.63, 3.8) is 0 Å². The maximum absolute atomic E-state index is 12.9. The number of anilines is 2. The number of rotatable bonds is 5. The Morgan fingerprint density at radius 1 is 0.943 bits per heavy atom. The molecule has 1 fully saturated rings. The van der Waals surface area contributed by atoms with Gasteiger partial charge in [-0.2, -0.15) is 0 Å². The lowest BCUT2D eigenvalue weighted by Gasteiger charge is -2.31. The van der Waals surface area contributed by atoms with E-state index in [9.17, 15) is 4.79 Å². The van der Waals surface area contributed by atoms with Crippen LogP contribution in [0.1, 0.15) is 29.8 Å². The van der Waals surface area contributed by atoms with Gasteiger partial charge in [-0.05, 0) is 57.4 Å². The first kappa shape index (κ1) is 23.2. The average Bonchev–Trinajstić information content (AvgIpc) is 3.34. The van der Waals surface area contributed by atoms with Crippen molar-refractivity contribution in [2.45, 2.75) is 33.6 Å². The molecule has 1 N–H and O–H groups in total. The fraction of sp³-hybridized carbons (Fsp3) is 0.286. The molecule has 2 aromatic heterocycles. The largest absolute Gasteiger partial charge is 0.341 e. The summed E-state index contributed by atoms with van der Waals surface area (Å²) in [6.45, 7) is 7.65. The second-order valence-corrected chi connectivity index (χ2v) is 9.99. The number of aromatic nitrogens is 3. The molecule has 4 aromatic rings. The van der Waals surface area contributed by atoms with Crippen LogP contribution in [-0.4, -0.2) is 33.9 Å². The summed E-state index contributed by atoms with van der Waals surface area (Å²) in [7, 11) is 0. The minimum atomic E-state index is -0.00737. The number of amides is 1. The van der Waals surface area contributed by atoms with Gasteiger partial charge in [-0.25, -0.2) is 15.0 Å². The van der Waals surface area contributed by atoms with E-state index in [4.69, 9.17) is 4.98 Å². The number of carbonyl (C=O) groups is 1. The van der Waals surface area contributed by atoms with Crippen LogP contribution >= 0.6 is 11.3 Å². The number of hydrogen-bond donors (Lipinski definition) is 1. The molecule has 35 heavy (non-hydrogen) atoms. The summed E-state index contributed by atoms with van der Waals surface area (Å²) in [5, 5.41) is 6.20. The van der Waals surface area contributed by atoms with Gasteiger partial charge in [0.05, 0.1) is 5.69 Å². The third-order valence-corrected chi connectivity index (χ3v) is 7.32. The molecular formula is C28H29N5OS. The highest BCUT2D eigenvalue weighted by Crippen LogP contribution is 2.31. The zero-order valence-electron chi connectivity index (χ0n) is 20.3. The zero-order chi connectivity index (χ0) is 24.4. The molecule has 1 aliphatic rings. The van der Waals surface area contributed by atoms with E-state index in [1.165, 1.54) is 11.1 Å². The fourth-order valence-corrected chi connectivity index (χ4v) is 5.42. The molecule has 0 saturated carbocycles. The van der Waals surface area contributed by atoms with Crippen molar-refractivity contribution in [1.29, 1.82) is 0 Å². The predicted octanol–water partition coefficient (Wildman–Crippen LogP) is 6.05. The fourth-order valence-electron chi connectivity index (χ4n) is 4.50. The van der Waals surface area contributed by atoms with Crippen molar-refractivity contribution in [3.8, 4) is 21.8 Å². The number of piperidine rings is 1. The molecule has 0 atom stereocenters. The van der Waals surface area contributed by atoms with Crippen LogP contribution in [0.3, 0.4) is 0 Å². The van der Waals surface area contributed by atoms with Crippen molar-refractivity contribution in [2.24, 2.45) is 5.92 Å². The van der Waals surface area contributed by atoms with Gasteiger partial charge in [-0.1, -0.05) is 36.4 Å². The van der Waals surface area contributed by atoms with E-state index in [-0.39, 0.29) is 11.8 Å². The van der Waals surface area contributed by atoms with E-state index in [0.717, 1.165) is 65.2 Å². The van der Waals surface area contributed by atoms with Gasteiger partial charge in [-0.3, -0.25) is 4.79 Å². The maximum atomic E-state index is 12.9. The quantitative estimate of drug-likeness (QED) is 0.374. The van der Waals surface area contributed by atoms with E-state index in [1.54, 1.807) is 11.3 Å². The summed E-state index contributed by atoms with van der Waals surface area (Å²) in [6.07, 6.45) is 1.58. The second-order valence-electron chi connectivity index (χ2n) is 9.13. The standard InChI is InChI=1S/C28H29N5OS/c1-18-6-4-5-7-24(18)27-32-25(17-35-27)21-8-10-23(11-9-21)31-26(34)22-12-14-33(15-13-22)28-29-19(2)16-20(3)30-28/h4-11,16-17,22H,12-15H2,1-3H3,(H,31,34). The number of aryl methyl sites for hydroxylation is 3. The van der Waals surface area contributed by atoms with Crippen molar-refractivity contribution in [1.82, 2.24) is 15.0 Å². The second kappa shape index (κ2) is 9.96. The summed E-state index contributed by atoms with van der Waals surface area (Å²) < 4.78 is 0. The minimum Gasteiger partial charge on any atom is -0.341 e. The van der Waals surface area contributed by atoms with Gasteiger partial charge < -0.3 is 10.2 Å². The normalized spacial score (nSPS) is 14.2. The molecule has 7 heteroatoms. The van der Waals surface area contributed by atoms with Crippen LogP contribution in [0.15, 0.2) is 60.0 Å². The summed E-state index contributed by atoms with van der Waals surface area (Å²) in [5.74, 6) is 0.839. The molecule has 1 aliphatic heterocycles. The van der Waals surface area contributed by atoms with E-state index in [1.807, 2.05) is 56.3 Å². The minimum absolute atomic E-state index is 0.00737. The highest BCUT2D eigenvalue weighted by Gasteiger charge is 2.26. The Balaban J connectivity index is 1.19. The lowest BCUT2D eigenvalue weighted by molar-refractivity contribution is -0.120. The predicted molar refractivity (Wildman–Crippen MR) is 143 cm³/mol. The van der Waals surface area contributed by atoms with Crippen LogP contribution in [0, 0.1) is 26.7 Å². The highest BCUT2D eigenvalue weighted by atomic mass is 32.1. The molecule has 178 valence electrons. The Morgan fingerprint density at radius 3 is 2.31 bits per heavy atom. The van der Waals surface area contributed by atoms with Crippen LogP contribution in [0.25, 0.3) is 21.8 Å². The number of nitrogens with one attached hydrogen (secondary N) is 1. The summed E-state index contributed by atoms with van der Waals surface area (Å²) in [5.41, 5.74) is 7.14. The van der Waals surface area contributed by atoms with Crippen molar-refractivity contribution < 1.29 is 4.79 Å². The third kappa shape index (κ3) is 5.25. The van der Waals surface area contributed by atoms with Crippen LogP contribution in [-0.2, 0) is 4.79 Å². The molecule has 0 radical (unpaired) electrons. The summed E-state index contributed by atoms with van der Waals surface area (Å²) in [6, 6.07) is 18.2.